The average Bonchev–Trinajstić information content (AvgIpc) is 2.77. The van der Waals surface area contributed by atoms with Gasteiger partial charge in [-0.2, -0.15) is 0 Å². The minimum atomic E-state index is -0.175. The van der Waals surface area contributed by atoms with Crippen molar-refractivity contribution in [1.82, 2.24) is 10.2 Å². The quantitative estimate of drug-likeness (QED) is 0.741. The van der Waals surface area contributed by atoms with Crippen LogP contribution < -0.4 is 5.32 Å². The van der Waals surface area contributed by atoms with Gasteiger partial charge in [-0.25, -0.2) is 0 Å². The number of phenolic OH excluding ortho intramolecular Hbond substituents is 2. The van der Waals surface area contributed by atoms with Gasteiger partial charge < -0.3 is 20.4 Å². The fourth-order valence-corrected chi connectivity index (χ4v) is 2.34. The number of aromatic hydroxyl groups is 2. The number of amides is 1. The summed E-state index contributed by atoms with van der Waals surface area (Å²) < 4.78 is 0. The zero-order valence-electron chi connectivity index (χ0n) is 10.4. The Morgan fingerprint density at radius 2 is 2.28 bits per heavy atom. The van der Waals surface area contributed by atoms with E-state index in [-0.39, 0.29) is 23.0 Å². The van der Waals surface area contributed by atoms with E-state index in [1.165, 1.54) is 18.2 Å². The van der Waals surface area contributed by atoms with Crippen LogP contribution in [0.4, 0.5) is 0 Å². The van der Waals surface area contributed by atoms with Crippen LogP contribution in [0.15, 0.2) is 18.2 Å². The van der Waals surface area contributed by atoms with Crippen LogP contribution in [-0.4, -0.2) is 47.7 Å². The molecule has 1 aromatic carbocycles. The van der Waals surface area contributed by atoms with E-state index in [1.54, 1.807) is 4.90 Å². The van der Waals surface area contributed by atoms with Crippen molar-refractivity contribution in [1.29, 1.82) is 0 Å². The Labute approximate surface area is 106 Å². The van der Waals surface area contributed by atoms with Crippen LogP contribution in [0.5, 0.6) is 11.5 Å². The molecule has 1 atom stereocenters. The number of carbonyl (C=O) groups is 1. The number of nitrogens with zero attached hydrogens (tertiary/aromatic N) is 1. The highest BCUT2D eigenvalue weighted by Gasteiger charge is 2.27. The third-order valence-electron chi connectivity index (χ3n) is 3.28. The first-order valence-corrected chi connectivity index (χ1v) is 6.07. The van der Waals surface area contributed by atoms with Crippen molar-refractivity contribution in [2.45, 2.75) is 6.42 Å². The number of likely N-dealkylation sites (tertiary alicyclic amines) is 1. The number of nitrogens with one attached hydrogen (secondary N) is 1. The van der Waals surface area contributed by atoms with E-state index < -0.39 is 0 Å². The van der Waals surface area contributed by atoms with E-state index in [1.807, 2.05) is 7.05 Å². The van der Waals surface area contributed by atoms with E-state index >= 15 is 0 Å². The number of rotatable bonds is 3. The standard InChI is InChI=1S/C13H18N2O3/c1-14-7-9-4-5-15(8-9)13(18)11-3-2-10(16)6-12(11)17/h2-3,6,9,14,16-17H,4-5,7-8H2,1H3. The number of hydrogen-bond acceptors (Lipinski definition) is 4. The lowest BCUT2D eigenvalue weighted by Gasteiger charge is -2.17. The van der Waals surface area contributed by atoms with Gasteiger partial charge in [0.15, 0.2) is 0 Å². The Morgan fingerprint density at radius 1 is 1.50 bits per heavy atom. The second kappa shape index (κ2) is 5.27. The van der Waals surface area contributed by atoms with Gasteiger partial charge in [0.05, 0.1) is 5.56 Å². The molecule has 0 spiro atoms. The van der Waals surface area contributed by atoms with Crippen LogP contribution in [0.2, 0.25) is 0 Å². The lowest BCUT2D eigenvalue weighted by molar-refractivity contribution is 0.0784. The predicted octanol–water partition coefficient (Wildman–Crippen LogP) is 0.779. The zero-order chi connectivity index (χ0) is 13.1. The Hall–Kier alpha value is -1.75. The van der Waals surface area contributed by atoms with Crippen molar-refractivity contribution < 1.29 is 15.0 Å². The van der Waals surface area contributed by atoms with Crippen LogP contribution in [0.25, 0.3) is 0 Å². The van der Waals surface area contributed by atoms with E-state index in [4.69, 9.17) is 0 Å². The lowest BCUT2D eigenvalue weighted by atomic mass is 10.1. The van der Waals surface area contributed by atoms with Crippen molar-refractivity contribution >= 4 is 5.91 Å². The fraction of sp³-hybridized carbons (Fsp3) is 0.462. The summed E-state index contributed by atoms with van der Waals surface area (Å²) in [7, 11) is 1.90. The van der Waals surface area contributed by atoms with Crippen molar-refractivity contribution in [2.75, 3.05) is 26.7 Å². The molecule has 0 aromatic heterocycles. The molecule has 0 radical (unpaired) electrons. The smallest absolute Gasteiger partial charge is 0.257 e. The maximum Gasteiger partial charge on any atom is 0.257 e. The van der Waals surface area contributed by atoms with Gasteiger partial charge in [-0.05, 0) is 38.1 Å². The summed E-state index contributed by atoms with van der Waals surface area (Å²) in [5.74, 6) is 0.0832. The number of carbonyl (C=O) groups excluding carboxylic acids is 1. The summed E-state index contributed by atoms with van der Waals surface area (Å²) in [6.45, 7) is 2.32. The minimum Gasteiger partial charge on any atom is -0.508 e. The van der Waals surface area contributed by atoms with Crippen LogP contribution >= 0.6 is 0 Å². The van der Waals surface area contributed by atoms with E-state index in [0.717, 1.165) is 13.0 Å². The third kappa shape index (κ3) is 2.56. The molecule has 5 heteroatoms. The molecule has 0 bridgehead atoms. The SMILES string of the molecule is CNCC1CCN(C(=O)c2ccc(O)cc2O)C1. The molecule has 5 nitrogen and oxygen atoms in total. The van der Waals surface area contributed by atoms with Crippen molar-refractivity contribution in [2.24, 2.45) is 5.92 Å². The average molecular weight is 250 g/mol. The molecule has 1 aliphatic rings. The number of hydrogen-bond donors (Lipinski definition) is 3. The first-order chi connectivity index (χ1) is 8.61. The molecule has 1 heterocycles. The molecule has 1 saturated heterocycles. The van der Waals surface area contributed by atoms with Gasteiger partial charge in [0.2, 0.25) is 0 Å². The molecule has 1 amide bonds. The molecule has 1 aromatic rings. The van der Waals surface area contributed by atoms with Crippen LogP contribution in [0, 0.1) is 5.92 Å². The number of phenols is 2. The molecule has 0 saturated carbocycles. The van der Waals surface area contributed by atoms with Crippen LogP contribution in [-0.2, 0) is 0 Å². The second-order valence-corrected chi connectivity index (χ2v) is 4.66. The predicted molar refractivity (Wildman–Crippen MR) is 67.7 cm³/mol. The summed E-state index contributed by atoms with van der Waals surface area (Å²) in [4.78, 5) is 13.9. The van der Waals surface area contributed by atoms with Gasteiger partial charge in [0.25, 0.3) is 5.91 Å². The molecule has 1 unspecified atom stereocenters. The summed E-state index contributed by atoms with van der Waals surface area (Å²) in [6.07, 6.45) is 0.978. The summed E-state index contributed by atoms with van der Waals surface area (Å²) in [6, 6.07) is 4.06. The fourth-order valence-electron chi connectivity index (χ4n) is 2.34. The molecule has 18 heavy (non-hydrogen) atoms. The molecule has 3 N–H and O–H groups in total. The van der Waals surface area contributed by atoms with Gasteiger partial charge in [0, 0.05) is 19.2 Å². The molecule has 2 rings (SSSR count). The Balaban J connectivity index is 2.08. The highest BCUT2D eigenvalue weighted by atomic mass is 16.3. The first kappa shape index (κ1) is 12.7. The maximum absolute atomic E-state index is 12.2. The monoisotopic (exact) mass is 250 g/mol. The minimum absolute atomic E-state index is 0.0430. The zero-order valence-corrected chi connectivity index (χ0v) is 10.4. The van der Waals surface area contributed by atoms with Gasteiger partial charge in [-0.3, -0.25) is 4.79 Å². The van der Waals surface area contributed by atoms with E-state index in [2.05, 4.69) is 5.32 Å². The molecule has 1 fully saturated rings. The topological polar surface area (TPSA) is 72.8 Å². The Bertz CT molecular complexity index is 448. The van der Waals surface area contributed by atoms with E-state index in [9.17, 15) is 15.0 Å². The highest BCUT2D eigenvalue weighted by molar-refractivity contribution is 5.97. The molecule has 98 valence electrons. The summed E-state index contributed by atoms with van der Waals surface area (Å²) in [5, 5.41) is 22.0. The van der Waals surface area contributed by atoms with Crippen LogP contribution in [0.3, 0.4) is 0 Å². The Morgan fingerprint density at radius 3 is 2.94 bits per heavy atom. The van der Waals surface area contributed by atoms with Gasteiger partial charge in [-0.1, -0.05) is 0 Å². The van der Waals surface area contributed by atoms with E-state index in [0.29, 0.717) is 19.0 Å². The summed E-state index contributed by atoms with van der Waals surface area (Å²) in [5.41, 5.74) is 0.248. The molecule has 0 aliphatic carbocycles. The van der Waals surface area contributed by atoms with Gasteiger partial charge in [-0.15, -0.1) is 0 Å². The lowest BCUT2D eigenvalue weighted by Crippen LogP contribution is -2.30. The molecule has 1 aliphatic heterocycles. The molecular weight excluding hydrogens is 232 g/mol. The second-order valence-electron chi connectivity index (χ2n) is 4.66. The molecular formula is C13H18N2O3. The summed E-state index contributed by atoms with van der Waals surface area (Å²) >= 11 is 0. The highest BCUT2D eigenvalue weighted by Crippen LogP contribution is 2.26. The first-order valence-electron chi connectivity index (χ1n) is 6.07. The Kier molecular flexibility index (Phi) is 3.72. The number of benzene rings is 1. The maximum atomic E-state index is 12.2. The van der Waals surface area contributed by atoms with Crippen LogP contribution in [0.1, 0.15) is 16.8 Å². The van der Waals surface area contributed by atoms with Crippen molar-refractivity contribution in [3.8, 4) is 11.5 Å². The van der Waals surface area contributed by atoms with Crippen molar-refractivity contribution in [3.05, 3.63) is 23.8 Å². The third-order valence-corrected chi connectivity index (χ3v) is 3.28. The van der Waals surface area contributed by atoms with Crippen molar-refractivity contribution in [3.63, 3.8) is 0 Å². The normalized spacial score (nSPS) is 19.2. The largest absolute Gasteiger partial charge is 0.508 e. The van der Waals surface area contributed by atoms with Gasteiger partial charge in [0.1, 0.15) is 11.5 Å². The van der Waals surface area contributed by atoms with Gasteiger partial charge >= 0.3 is 0 Å².